The number of ether oxygens (including phenoxy) is 2. The Morgan fingerprint density at radius 2 is 1.65 bits per heavy atom. The number of benzene rings is 2. The Kier molecular flexibility index (Phi) is 7.49. The summed E-state index contributed by atoms with van der Waals surface area (Å²) in [4.78, 5) is 14.0. The third kappa shape index (κ3) is 5.81. The standard InChI is InChI=1S/C20H25N3O3/c1-4-23(5-2)17-8-6-16(7-9-17)14-21-22-20(24)15-26-19-12-10-18(25-3)11-13-19/h6-14H,4-5,15H2,1-3H3,(H,22,24)/b21-14-. The van der Waals surface area contributed by atoms with E-state index in [4.69, 9.17) is 9.47 Å². The van der Waals surface area contributed by atoms with Gasteiger partial charge in [-0.05, 0) is 55.8 Å². The van der Waals surface area contributed by atoms with Crippen LogP contribution in [-0.2, 0) is 4.79 Å². The van der Waals surface area contributed by atoms with Gasteiger partial charge in [-0.3, -0.25) is 4.79 Å². The number of amides is 1. The molecular formula is C20H25N3O3. The molecule has 26 heavy (non-hydrogen) atoms. The van der Waals surface area contributed by atoms with Crippen LogP contribution in [0.15, 0.2) is 53.6 Å². The monoisotopic (exact) mass is 355 g/mol. The van der Waals surface area contributed by atoms with Crippen LogP contribution >= 0.6 is 0 Å². The van der Waals surface area contributed by atoms with E-state index < -0.39 is 0 Å². The van der Waals surface area contributed by atoms with Gasteiger partial charge in [-0.2, -0.15) is 5.10 Å². The second-order valence-electron chi connectivity index (χ2n) is 5.52. The second kappa shape index (κ2) is 10.1. The van der Waals surface area contributed by atoms with E-state index in [-0.39, 0.29) is 12.5 Å². The minimum atomic E-state index is -0.322. The summed E-state index contributed by atoms with van der Waals surface area (Å²) >= 11 is 0. The average molecular weight is 355 g/mol. The van der Waals surface area contributed by atoms with Crippen LogP contribution in [0, 0.1) is 0 Å². The molecule has 2 aromatic rings. The molecule has 0 spiro atoms. The van der Waals surface area contributed by atoms with Crippen molar-refractivity contribution in [2.45, 2.75) is 13.8 Å². The van der Waals surface area contributed by atoms with Gasteiger partial charge in [0.05, 0.1) is 13.3 Å². The molecule has 0 fully saturated rings. The highest BCUT2D eigenvalue weighted by atomic mass is 16.5. The van der Waals surface area contributed by atoms with Crippen LogP contribution in [0.1, 0.15) is 19.4 Å². The maximum atomic E-state index is 11.8. The van der Waals surface area contributed by atoms with Crippen molar-refractivity contribution in [2.75, 3.05) is 31.7 Å². The molecule has 2 rings (SSSR count). The number of methoxy groups -OCH3 is 1. The first-order valence-corrected chi connectivity index (χ1v) is 8.60. The zero-order valence-electron chi connectivity index (χ0n) is 15.4. The summed E-state index contributed by atoms with van der Waals surface area (Å²) in [6, 6.07) is 15.1. The van der Waals surface area contributed by atoms with Gasteiger partial charge in [-0.1, -0.05) is 12.1 Å². The van der Waals surface area contributed by atoms with E-state index in [1.165, 1.54) is 5.69 Å². The lowest BCUT2D eigenvalue weighted by Gasteiger charge is -2.20. The van der Waals surface area contributed by atoms with E-state index in [0.29, 0.717) is 5.75 Å². The van der Waals surface area contributed by atoms with E-state index in [2.05, 4.69) is 29.3 Å². The third-order valence-electron chi connectivity index (χ3n) is 3.85. The fourth-order valence-electron chi connectivity index (χ4n) is 2.39. The molecule has 6 heteroatoms. The minimum absolute atomic E-state index is 0.107. The molecule has 0 bridgehead atoms. The summed E-state index contributed by atoms with van der Waals surface area (Å²) in [5.74, 6) is 1.01. The van der Waals surface area contributed by atoms with Crippen LogP contribution in [0.4, 0.5) is 5.69 Å². The highest BCUT2D eigenvalue weighted by Gasteiger charge is 2.02. The maximum absolute atomic E-state index is 11.8. The molecule has 0 aromatic heterocycles. The molecule has 2 aromatic carbocycles. The Hall–Kier alpha value is -3.02. The lowest BCUT2D eigenvalue weighted by atomic mass is 10.2. The summed E-state index contributed by atoms with van der Waals surface area (Å²) in [5.41, 5.74) is 4.54. The number of hydrazone groups is 1. The molecule has 0 aliphatic carbocycles. The van der Waals surface area contributed by atoms with Gasteiger partial charge in [-0.15, -0.1) is 0 Å². The molecule has 0 unspecified atom stereocenters. The molecule has 0 heterocycles. The highest BCUT2D eigenvalue weighted by Crippen LogP contribution is 2.16. The number of hydrogen-bond donors (Lipinski definition) is 1. The van der Waals surface area contributed by atoms with Crippen LogP contribution in [0.3, 0.4) is 0 Å². The zero-order chi connectivity index (χ0) is 18.8. The average Bonchev–Trinajstić information content (AvgIpc) is 2.69. The highest BCUT2D eigenvalue weighted by molar-refractivity contribution is 5.83. The van der Waals surface area contributed by atoms with Crippen LogP contribution in [-0.4, -0.2) is 38.9 Å². The van der Waals surface area contributed by atoms with Crippen molar-refractivity contribution in [1.82, 2.24) is 5.43 Å². The van der Waals surface area contributed by atoms with Crippen molar-refractivity contribution < 1.29 is 14.3 Å². The second-order valence-corrected chi connectivity index (χ2v) is 5.52. The summed E-state index contributed by atoms with van der Waals surface area (Å²) in [6.45, 7) is 6.08. The summed E-state index contributed by atoms with van der Waals surface area (Å²) < 4.78 is 10.5. The van der Waals surface area contributed by atoms with Gasteiger partial charge in [0, 0.05) is 18.8 Å². The van der Waals surface area contributed by atoms with Gasteiger partial charge in [0.25, 0.3) is 5.91 Å². The van der Waals surface area contributed by atoms with Crippen LogP contribution in [0.25, 0.3) is 0 Å². The Labute approximate surface area is 154 Å². The topological polar surface area (TPSA) is 63.2 Å². The van der Waals surface area contributed by atoms with E-state index in [0.717, 1.165) is 24.4 Å². The number of carbonyl (C=O) groups excluding carboxylic acids is 1. The Bertz CT molecular complexity index is 708. The van der Waals surface area contributed by atoms with Gasteiger partial charge in [0.15, 0.2) is 6.61 Å². The molecule has 0 aliphatic heterocycles. The molecule has 0 saturated heterocycles. The lowest BCUT2D eigenvalue weighted by Crippen LogP contribution is -2.24. The first-order valence-electron chi connectivity index (χ1n) is 8.60. The van der Waals surface area contributed by atoms with Gasteiger partial charge in [-0.25, -0.2) is 5.43 Å². The first kappa shape index (κ1) is 19.3. The van der Waals surface area contributed by atoms with Crippen LogP contribution in [0.2, 0.25) is 0 Å². The number of hydrogen-bond acceptors (Lipinski definition) is 5. The Morgan fingerprint density at radius 1 is 1.04 bits per heavy atom. The van der Waals surface area contributed by atoms with Crippen molar-refractivity contribution >= 4 is 17.8 Å². The fraction of sp³-hybridized carbons (Fsp3) is 0.300. The number of rotatable bonds is 9. The largest absolute Gasteiger partial charge is 0.497 e. The lowest BCUT2D eigenvalue weighted by molar-refractivity contribution is -0.123. The van der Waals surface area contributed by atoms with Crippen LogP contribution < -0.4 is 19.8 Å². The van der Waals surface area contributed by atoms with Gasteiger partial charge >= 0.3 is 0 Å². The molecule has 0 radical (unpaired) electrons. The van der Waals surface area contributed by atoms with E-state index in [1.54, 1.807) is 37.6 Å². The van der Waals surface area contributed by atoms with Crippen molar-refractivity contribution in [3.63, 3.8) is 0 Å². The number of nitrogens with one attached hydrogen (secondary N) is 1. The smallest absolute Gasteiger partial charge is 0.277 e. The van der Waals surface area contributed by atoms with Gasteiger partial charge in [0.2, 0.25) is 0 Å². The number of nitrogens with zero attached hydrogens (tertiary/aromatic N) is 2. The molecular weight excluding hydrogens is 330 g/mol. The van der Waals surface area contributed by atoms with Crippen LogP contribution in [0.5, 0.6) is 11.5 Å². The molecule has 1 amide bonds. The van der Waals surface area contributed by atoms with Crippen molar-refractivity contribution in [3.8, 4) is 11.5 Å². The summed E-state index contributed by atoms with van der Waals surface area (Å²) in [6.07, 6.45) is 1.61. The Morgan fingerprint density at radius 3 is 2.23 bits per heavy atom. The zero-order valence-corrected chi connectivity index (χ0v) is 15.4. The molecule has 0 aliphatic rings. The maximum Gasteiger partial charge on any atom is 0.277 e. The molecule has 6 nitrogen and oxygen atoms in total. The molecule has 1 N–H and O–H groups in total. The minimum Gasteiger partial charge on any atom is -0.497 e. The summed E-state index contributed by atoms with van der Waals surface area (Å²) in [7, 11) is 1.60. The first-order chi connectivity index (χ1) is 12.7. The van der Waals surface area contributed by atoms with Crippen molar-refractivity contribution in [1.29, 1.82) is 0 Å². The molecule has 0 atom stereocenters. The predicted octanol–water partition coefficient (Wildman–Crippen LogP) is 3.07. The van der Waals surface area contributed by atoms with E-state index >= 15 is 0 Å². The predicted molar refractivity (Wildman–Crippen MR) is 104 cm³/mol. The fourth-order valence-corrected chi connectivity index (χ4v) is 2.39. The number of anilines is 1. The van der Waals surface area contributed by atoms with E-state index in [1.807, 2.05) is 24.3 Å². The number of carbonyl (C=O) groups is 1. The summed E-state index contributed by atoms with van der Waals surface area (Å²) in [5, 5.41) is 3.96. The van der Waals surface area contributed by atoms with Crippen molar-refractivity contribution in [2.24, 2.45) is 5.10 Å². The molecule has 138 valence electrons. The quantitative estimate of drug-likeness (QED) is 0.555. The van der Waals surface area contributed by atoms with Gasteiger partial charge in [0.1, 0.15) is 11.5 Å². The Balaban J connectivity index is 1.78. The SMILES string of the molecule is CCN(CC)c1ccc(/C=N\NC(=O)COc2ccc(OC)cc2)cc1. The van der Waals surface area contributed by atoms with Crippen molar-refractivity contribution in [3.05, 3.63) is 54.1 Å². The third-order valence-corrected chi connectivity index (χ3v) is 3.85. The van der Waals surface area contributed by atoms with E-state index in [9.17, 15) is 4.79 Å². The normalized spacial score (nSPS) is 10.6. The van der Waals surface area contributed by atoms with Gasteiger partial charge < -0.3 is 14.4 Å². The molecule has 0 saturated carbocycles.